The molecule has 20 heavy (non-hydrogen) atoms. The van der Waals surface area contributed by atoms with E-state index in [1.54, 1.807) is 0 Å². The van der Waals surface area contributed by atoms with Crippen molar-refractivity contribution in [1.82, 2.24) is 4.90 Å². The van der Waals surface area contributed by atoms with E-state index >= 15 is 0 Å². The molecule has 2 unspecified atom stereocenters. The molecular formula is C17H28N2O. The minimum atomic E-state index is 0.203. The number of nitrogens with one attached hydrogen (secondary N) is 1. The van der Waals surface area contributed by atoms with Crippen LogP contribution in [-0.2, 0) is 0 Å². The van der Waals surface area contributed by atoms with Crippen LogP contribution in [0.4, 0.5) is 5.69 Å². The second kappa shape index (κ2) is 6.98. The Morgan fingerprint density at radius 3 is 2.70 bits per heavy atom. The number of hydrogen-bond acceptors (Lipinski definition) is 3. The molecule has 112 valence electrons. The summed E-state index contributed by atoms with van der Waals surface area (Å²) in [4.78, 5) is 2.43. The van der Waals surface area contributed by atoms with E-state index in [1.165, 1.54) is 25.9 Å². The first-order valence-corrected chi connectivity index (χ1v) is 7.77. The first kappa shape index (κ1) is 15.2. The van der Waals surface area contributed by atoms with Crippen molar-refractivity contribution in [2.24, 2.45) is 5.92 Å². The molecule has 0 saturated carbocycles. The van der Waals surface area contributed by atoms with Crippen molar-refractivity contribution in [3.63, 3.8) is 0 Å². The van der Waals surface area contributed by atoms with Gasteiger partial charge in [0.1, 0.15) is 5.75 Å². The van der Waals surface area contributed by atoms with Crippen LogP contribution in [0.25, 0.3) is 0 Å². The van der Waals surface area contributed by atoms with Crippen LogP contribution in [0.2, 0.25) is 0 Å². The SMILES string of the molecule is CC(C)Oc1ccccc1NC(C)C1CCCN(C)C1. The smallest absolute Gasteiger partial charge is 0.142 e. The van der Waals surface area contributed by atoms with Crippen molar-refractivity contribution < 1.29 is 4.74 Å². The number of likely N-dealkylation sites (tertiary alicyclic amines) is 1. The fraction of sp³-hybridized carbons (Fsp3) is 0.647. The Balaban J connectivity index is 2.01. The second-order valence-corrected chi connectivity index (χ2v) is 6.26. The van der Waals surface area contributed by atoms with E-state index in [2.05, 4.69) is 50.2 Å². The topological polar surface area (TPSA) is 24.5 Å². The summed E-state index contributed by atoms with van der Waals surface area (Å²) in [5.41, 5.74) is 1.11. The predicted molar refractivity (Wildman–Crippen MR) is 85.5 cm³/mol. The van der Waals surface area contributed by atoms with Gasteiger partial charge >= 0.3 is 0 Å². The predicted octanol–water partition coefficient (Wildman–Crippen LogP) is 3.62. The van der Waals surface area contributed by atoms with Crippen LogP contribution in [-0.4, -0.2) is 37.2 Å². The Morgan fingerprint density at radius 2 is 2.00 bits per heavy atom. The van der Waals surface area contributed by atoms with Crippen LogP contribution in [0.5, 0.6) is 5.75 Å². The number of para-hydroxylation sites is 2. The number of hydrogen-bond donors (Lipinski definition) is 1. The zero-order chi connectivity index (χ0) is 14.5. The lowest BCUT2D eigenvalue weighted by molar-refractivity contribution is 0.197. The number of rotatable bonds is 5. The van der Waals surface area contributed by atoms with Gasteiger partial charge in [0.15, 0.2) is 0 Å². The summed E-state index contributed by atoms with van der Waals surface area (Å²) in [6.45, 7) is 8.83. The lowest BCUT2D eigenvalue weighted by Gasteiger charge is -2.34. The highest BCUT2D eigenvalue weighted by Crippen LogP contribution is 2.28. The summed E-state index contributed by atoms with van der Waals surface area (Å²) in [6.07, 6.45) is 2.82. The molecule has 2 atom stereocenters. The van der Waals surface area contributed by atoms with E-state index in [-0.39, 0.29) is 6.10 Å². The summed E-state index contributed by atoms with van der Waals surface area (Å²) >= 11 is 0. The molecule has 1 aliphatic rings. The first-order chi connectivity index (χ1) is 9.56. The molecule has 1 fully saturated rings. The van der Waals surface area contributed by atoms with Gasteiger partial charge in [0.05, 0.1) is 11.8 Å². The number of anilines is 1. The molecule has 1 aromatic carbocycles. The van der Waals surface area contributed by atoms with Crippen molar-refractivity contribution >= 4 is 5.69 Å². The van der Waals surface area contributed by atoms with Crippen molar-refractivity contribution in [2.45, 2.75) is 45.8 Å². The summed E-state index contributed by atoms with van der Waals surface area (Å²) < 4.78 is 5.88. The van der Waals surface area contributed by atoms with Gasteiger partial charge in [0.2, 0.25) is 0 Å². The third-order valence-electron chi connectivity index (χ3n) is 4.00. The van der Waals surface area contributed by atoms with Crippen molar-refractivity contribution in [3.05, 3.63) is 24.3 Å². The van der Waals surface area contributed by atoms with Gasteiger partial charge < -0.3 is 15.0 Å². The molecule has 1 saturated heterocycles. The lowest BCUT2D eigenvalue weighted by atomic mass is 9.91. The molecule has 1 heterocycles. The molecule has 0 amide bonds. The molecule has 0 spiro atoms. The molecule has 1 N–H and O–H groups in total. The lowest BCUT2D eigenvalue weighted by Crippen LogP contribution is -2.39. The average molecular weight is 276 g/mol. The average Bonchev–Trinajstić information content (AvgIpc) is 2.40. The molecule has 0 radical (unpaired) electrons. The maximum Gasteiger partial charge on any atom is 0.142 e. The minimum Gasteiger partial charge on any atom is -0.489 e. The van der Waals surface area contributed by atoms with E-state index < -0.39 is 0 Å². The molecule has 1 aromatic rings. The van der Waals surface area contributed by atoms with Crippen LogP contribution < -0.4 is 10.1 Å². The van der Waals surface area contributed by atoms with Crippen LogP contribution in [0.1, 0.15) is 33.6 Å². The van der Waals surface area contributed by atoms with E-state index in [4.69, 9.17) is 4.74 Å². The van der Waals surface area contributed by atoms with E-state index in [0.717, 1.165) is 11.4 Å². The minimum absolute atomic E-state index is 0.203. The molecule has 3 heteroatoms. The van der Waals surface area contributed by atoms with Gasteiger partial charge in [-0.2, -0.15) is 0 Å². The number of nitrogens with zero attached hydrogens (tertiary/aromatic N) is 1. The monoisotopic (exact) mass is 276 g/mol. The third-order valence-corrected chi connectivity index (χ3v) is 4.00. The third kappa shape index (κ3) is 4.14. The van der Waals surface area contributed by atoms with Crippen molar-refractivity contribution in [3.8, 4) is 5.75 Å². The second-order valence-electron chi connectivity index (χ2n) is 6.26. The summed E-state index contributed by atoms with van der Waals surface area (Å²) in [5, 5.41) is 3.65. The van der Waals surface area contributed by atoms with Gasteiger partial charge in [-0.15, -0.1) is 0 Å². The Labute approximate surface area is 123 Å². The quantitative estimate of drug-likeness (QED) is 0.889. The Kier molecular flexibility index (Phi) is 5.30. The Hall–Kier alpha value is -1.22. The van der Waals surface area contributed by atoms with Gasteiger partial charge in [-0.3, -0.25) is 0 Å². The maximum atomic E-state index is 5.88. The van der Waals surface area contributed by atoms with Crippen LogP contribution >= 0.6 is 0 Å². The van der Waals surface area contributed by atoms with E-state index in [0.29, 0.717) is 12.0 Å². The fourth-order valence-electron chi connectivity index (χ4n) is 2.92. The maximum absolute atomic E-state index is 5.88. The molecule has 2 rings (SSSR count). The molecule has 3 nitrogen and oxygen atoms in total. The summed E-state index contributed by atoms with van der Waals surface area (Å²) in [5.74, 6) is 1.67. The van der Waals surface area contributed by atoms with Gasteiger partial charge in [0, 0.05) is 12.6 Å². The summed E-state index contributed by atoms with van der Waals surface area (Å²) in [6, 6.07) is 8.72. The molecule has 0 aliphatic carbocycles. The normalized spacial score (nSPS) is 21.8. The first-order valence-electron chi connectivity index (χ1n) is 7.77. The van der Waals surface area contributed by atoms with Gasteiger partial charge in [0.25, 0.3) is 0 Å². The highest BCUT2D eigenvalue weighted by atomic mass is 16.5. The molecule has 0 bridgehead atoms. The van der Waals surface area contributed by atoms with Crippen LogP contribution in [0, 0.1) is 5.92 Å². The van der Waals surface area contributed by atoms with Gasteiger partial charge in [-0.1, -0.05) is 12.1 Å². The standard InChI is InChI=1S/C17H28N2O/c1-13(2)20-17-10-6-5-9-16(17)18-14(3)15-8-7-11-19(4)12-15/h5-6,9-10,13-15,18H,7-8,11-12H2,1-4H3. The van der Waals surface area contributed by atoms with Crippen LogP contribution in [0.3, 0.4) is 0 Å². The number of ether oxygens (including phenoxy) is 1. The largest absolute Gasteiger partial charge is 0.489 e. The molecule has 1 aliphatic heterocycles. The van der Waals surface area contributed by atoms with Gasteiger partial charge in [-0.25, -0.2) is 0 Å². The zero-order valence-corrected chi connectivity index (χ0v) is 13.2. The van der Waals surface area contributed by atoms with Crippen molar-refractivity contribution in [1.29, 1.82) is 0 Å². The highest BCUT2D eigenvalue weighted by Gasteiger charge is 2.23. The van der Waals surface area contributed by atoms with Crippen molar-refractivity contribution in [2.75, 3.05) is 25.5 Å². The Morgan fingerprint density at radius 1 is 1.25 bits per heavy atom. The summed E-state index contributed by atoms with van der Waals surface area (Å²) in [7, 11) is 2.22. The molecule has 0 aromatic heterocycles. The Bertz CT molecular complexity index is 419. The number of piperidine rings is 1. The molecular weight excluding hydrogens is 248 g/mol. The number of benzene rings is 1. The zero-order valence-electron chi connectivity index (χ0n) is 13.2. The highest BCUT2D eigenvalue weighted by molar-refractivity contribution is 5.56. The van der Waals surface area contributed by atoms with Gasteiger partial charge in [-0.05, 0) is 65.3 Å². The van der Waals surface area contributed by atoms with E-state index in [1.807, 2.05) is 12.1 Å². The fourth-order valence-corrected chi connectivity index (χ4v) is 2.92. The van der Waals surface area contributed by atoms with Crippen LogP contribution in [0.15, 0.2) is 24.3 Å². The van der Waals surface area contributed by atoms with E-state index in [9.17, 15) is 0 Å².